The van der Waals surface area contributed by atoms with Gasteiger partial charge >= 0.3 is 12.2 Å². The van der Waals surface area contributed by atoms with E-state index in [0.29, 0.717) is 55.4 Å². The zero-order valence-corrected chi connectivity index (χ0v) is 55.3. The summed E-state index contributed by atoms with van der Waals surface area (Å²) in [6, 6.07) is 22.4. The van der Waals surface area contributed by atoms with Crippen LogP contribution in [-0.4, -0.2) is 159 Å². The molecule has 0 saturated carbocycles. The van der Waals surface area contributed by atoms with Crippen LogP contribution in [0.2, 0.25) is 36.3 Å². The molecule has 20 nitrogen and oxygen atoms in total. The molecule has 0 radical (unpaired) electrons. The summed E-state index contributed by atoms with van der Waals surface area (Å²) in [6.07, 6.45) is 2.95. The van der Waals surface area contributed by atoms with Crippen molar-refractivity contribution in [2.75, 3.05) is 89.1 Å². The number of benzene rings is 4. The lowest BCUT2D eigenvalue weighted by molar-refractivity contribution is 0.0678. The molecule has 0 spiro atoms. The third kappa shape index (κ3) is 18.7. The number of carbonyl (C=O) groups excluding carboxylic acids is 4. The number of hydrogen-bond donors (Lipinski definition) is 6. The van der Waals surface area contributed by atoms with Gasteiger partial charge in [-0.1, -0.05) is 77.9 Å². The zero-order chi connectivity index (χ0) is 62.4. The summed E-state index contributed by atoms with van der Waals surface area (Å²) in [5.74, 6) is -0.0892. The average Bonchev–Trinajstić information content (AvgIpc) is 3.27. The van der Waals surface area contributed by atoms with Gasteiger partial charge in [-0.15, -0.1) is 0 Å². The fourth-order valence-corrected chi connectivity index (χ4v) is 13.6. The van der Waals surface area contributed by atoms with Crippen LogP contribution >= 0.6 is 21.2 Å². The van der Waals surface area contributed by atoms with Crippen molar-refractivity contribution < 1.29 is 74.7 Å². The zero-order valence-electron chi connectivity index (χ0n) is 51.7. The fraction of sp³-hybridized carbons (Fsp3) is 0.541. The highest BCUT2D eigenvalue weighted by molar-refractivity contribution is 8.24. The summed E-state index contributed by atoms with van der Waals surface area (Å²) in [6.45, 7) is 23.2. The van der Waals surface area contributed by atoms with E-state index in [1.165, 1.54) is 26.4 Å². The molecule has 2 fully saturated rings. The number of carbonyl (C=O) groups is 4. The number of ether oxygens (including phenoxy) is 6. The Hall–Kier alpha value is -5.55. The summed E-state index contributed by atoms with van der Waals surface area (Å²) in [5.41, 5.74) is 0.539. The second-order valence-electron chi connectivity index (χ2n) is 24.5. The number of hydrogen-bond acceptors (Lipinski definition) is 16. The van der Waals surface area contributed by atoms with Gasteiger partial charge in [-0.2, -0.15) is 21.2 Å². The minimum Gasteiger partial charge on any atom is -0.493 e. The van der Waals surface area contributed by atoms with E-state index >= 15 is 0 Å². The predicted molar refractivity (Wildman–Crippen MR) is 340 cm³/mol. The SMILES string of the molecule is COc1cc(C(=O)N2CCC[C@H]2CO[Si](C)(C)C(C)(C)C)c(NC(=O)OCCS(O)(O)c2ccccc2)cc1OCCCCCOc1cc(NC(=O)OCCS(O)(O)c2ccccc2)c(C(=O)N2CCC[C@H]2CO[Si](C)(C)C(C)(C)C)cc1OC. The smallest absolute Gasteiger partial charge is 0.411 e. The van der Waals surface area contributed by atoms with Crippen LogP contribution < -0.4 is 29.6 Å². The maximum absolute atomic E-state index is 14.6. The van der Waals surface area contributed by atoms with E-state index in [1.54, 1.807) is 82.6 Å². The first-order chi connectivity index (χ1) is 40.0. The van der Waals surface area contributed by atoms with Gasteiger partial charge in [0.1, 0.15) is 13.2 Å². The molecular formula is C61H92N4O16S2Si2. The highest BCUT2D eigenvalue weighted by atomic mass is 32.3. The molecule has 472 valence electrons. The van der Waals surface area contributed by atoms with Gasteiger partial charge in [-0.3, -0.25) is 38.4 Å². The maximum atomic E-state index is 14.6. The third-order valence-electron chi connectivity index (χ3n) is 16.5. The van der Waals surface area contributed by atoms with E-state index < -0.39 is 50.0 Å². The van der Waals surface area contributed by atoms with Gasteiger partial charge < -0.3 is 47.1 Å². The molecule has 6 rings (SSSR count). The Morgan fingerprint density at radius 3 is 1.25 bits per heavy atom. The molecule has 0 aliphatic carbocycles. The summed E-state index contributed by atoms with van der Waals surface area (Å²) in [4.78, 5) is 60.3. The molecule has 4 amide bonds. The van der Waals surface area contributed by atoms with E-state index in [9.17, 15) is 37.4 Å². The van der Waals surface area contributed by atoms with Gasteiger partial charge in [0.2, 0.25) is 0 Å². The van der Waals surface area contributed by atoms with Crippen molar-refractivity contribution in [1.82, 2.24) is 9.80 Å². The Bertz CT molecular complexity index is 2680. The first-order valence-electron chi connectivity index (χ1n) is 29.1. The second-order valence-corrected chi connectivity index (χ2v) is 38.5. The Morgan fingerprint density at radius 2 is 0.906 bits per heavy atom. The second kappa shape index (κ2) is 29.9. The summed E-state index contributed by atoms with van der Waals surface area (Å²) < 4.78 is 91.4. The van der Waals surface area contributed by atoms with Crippen molar-refractivity contribution in [2.24, 2.45) is 0 Å². The van der Waals surface area contributed by atoms with Crippen LogP contribution in [0.5, 0.6) is 23.0 Å². The number of methoxy groups -OCH3 is 2. The number of likely N-dealkylation sites (tertiary alicyclic amines) is 2. The first kappa shape index (κ1) is 68.6. The van der Waals surface area contributed by atoms with Crippen LogP contribution in [0, 0.1) is 0 Å². The molecule has 2 aliphatic rings. The molecule has 4 aromatic carbocycles. The number of rotatable bonds is 28. The van der Waals surface area contributed by atoms with Crippen LogP contribution in [0.1, 0.15) is 107 Å². The van der Waals surface area contributed by atoms with Gasteiger partial charge in [0.05, 0.1) is 96.5 Å². The van der Waals surface area contributed by atoms with E-state index in [-0.39, 0.29) is 117 Å². The topological polar surface area (TPSA) is 254 Å². The number of anilines is 2. The highest BCUT2D eigenvalue weighted by Crippen LogP contribution is 2.49. The molecular weight excluding hydrogens is 1160 g/mol. The summed E-state index contributed by atoms with van der Waals surface area (Å²) in [5, 5.41) is 5.39. The number of nitrogens with zero attached hydrogens (tertiary/aromatic N) is 2. The highest BCUT2D eigenvalue weighted by Gasteiger charge is 2.42. The van der Waals surface area contributed by atoms with Crippen LogP contribution in [0.3, 0.4) is 0 Å². The first-order valence-corrected chi connectivity index (χ1v) is 38.3. The van der Waals surface area contributed by atoms with E-state index in [4.69, 9.17) is 37.3 Å². The molecule has 0 bridgehead atoms. The Morgan fingerprint density at radius 1 is 0.541 bits per heavy atom. The number of amides is 4. The van der Waals surface area contributed by atoms with Crippen molar-refractivity contribution in [3.05, 3.63) is 96.1 Å². The summed E-state index contributed by atoms with van der Waals surface area (Å²) >= 11 is 0. The average molecular weight is 1260 g/mol. The van der Waals surface area contributed by atoms with Crippen molar-refractivity contribution in [3.63, 3.8) is 0 Å². The fourth-order valence-electron chi connectivity index (χ4n) is 9.18. The molecule has 85 heavy (non-hydrogen) atoms. The lowest BCUT2D eigenvalue weighted by Gasteiger charge is -2.38. The Balaban J connectivity index is 1.14. The monoisotopic (exact) mass is 1260 g/mol. The van der Waals surface area contributed by atoms with Crippen LogP contribution in [0.15, 0.2) is 94.7 Å². The molecule has 4 aromatic rings. The molecule has 2 aliphatic heterocycles. The standard InChI is InChI=1S/C61H92N4O16S2Si2/c1-60(2,3)84(9,10)80-42-44-24-22-30-64(44)56(66)48-38-52(74-7)54(40-50(48)62-58(68)78-34-36-82(70,71)46-26-16-13-17-27-46)76-32-20-15-21-33-77-55-41-51(63-59(69)79-35-37-83(72,73)47-28-18-14-19-29-47)49(39-53(55)75-8)57(67)65-31-23-25-45(65)43-81-85(11,12)61(4,5)6/h13-14,16-19,26-29,38-41,44-45,70-73H,15,20-25,30-37,42-43H2,1-12H3,(H,62,68)(H,63,69)/t44-,45-/m0/s1. The minimum atomic E-state index is -3.25. The van der Waals surface area contributed by atoms with Crippen LogP contribution in [0.4, 0.5) is 21.0 Å². The van der Waals surface area contributed by atoms with Crippen molar-refractivity contribution in [3.8, 4) is 23.0 Å². The predicted octanol–water partition coefficient (Wildman–Crippen LogP) is 14.3. The van der Waals surface area contributed by atoms with Crippen molar-refractivity contribution in [1.29, 1.82) is 0 Å². The van der Waals surface area contributed by atoms with Gasteiger partial charge in [-0.05, 0) is 118 Å². The third-order valence-corrected chi connectivity index (χ3v) is 29.0. The Kier molecular flexibility index (Phi) is 24.1. The molecule has 0 unspecified atom stereocenters. The molecule has 0 aromatic heterocycles. The number of unbranched alkanes of at least 4 members (excludes halogenated alkanes) is 2. The minimum absolute atomic E-state index is 0.0261. The van der Waals surface area contributed by atoms with Gasteiger partial charge in [0.25, 0.3) is 11.8 Å². The lowest BCUT2D eigenvalue weighted by Crippen LogP contribution is -2.46. The molecule has 6 N–H and O–H groups in total. The van der Waals surface area contributed by atoms with Crippen molar-refractivity contribution in [2.45, 2.75) is 145 Å². The van der Waals surface area contributed by atoms with Crippen LogP contribution in [0.25, 0.3) is 0 Å². The quantitative estimate of drug-likeness (QED) is 0.0228. The van der Waals surface area contributed by atoms with E-state index in [0.717, 1.165) is 25.7 Å². The molecule has 2 saturated heterocycles. The normalized spacial score (nSPS) is 16.4. The van der Waals surface area contributed by atoms with Crippen LogP contribution in [-0.2, 0) is 18.3 Å². The summed E-state index contributed by atoms with van der Waals surface area (Å²) in [7, 11) is -7.85. The van der Waals surface area contributed by atoms with Crippen molar-refractivity contribution >= 4 is 73.2 Å². The molecule has 24 heteroatoms. The van der Waals surface area contributed by atoms with Gasteiger partial charge in [-0.25, -0.2) is 9.59 Å². The lowest BCUT2D eigenvalue weighted by atomic mass is 10.1. The maximum Gasteiger partial charge on any atom is 0.411 e. The molecule has 2 atom stereocenters. The largest absolute Gasteiger partial charge is 0.493 e. The van der Waals surface area contributed by atoms with E-state index in [1.807, 2.05) is 0 Å². The Labute approximate surface area is 507 Å². The molecule has 2 heterocycles. The van der Waals surface area contributed by atoms with Gasteiger partial charge in [0, 0.05) is 25.2 Å². The van der Waals surface area contributed by atoms with Gasteiger partial charge in [0.15, 0.2) is 39.6 Å². The number of nitrogens with one attached hydrogen (secondary N) is 2. The van der Waals surface area contributed by atoms with E-state index in [2.05, 4.69) is 78.4 Å².